The summed E-state index contributed by atoms with van der Waals surface area (Å²) in [5.74, 6) is -9.33. The number of azo groups is 2. The Labute approximate surface area is 661 Å². The van der Waals surface area contributed by atoms with Gasteiger partial charge in [0, 0.05) is 43.7 Å². The molecule has 0 aliphatic carbocycles. The van der Waals surface area contributed by atoms with E-state index in [9.17, 15) is 130 Å². The van der Waals surface area contributed by atoms with E-state index in [-0.39, 0.29) is 22.5 Å². The Morgan fingerprint density at radius 3 is 1.15 bits per heavy atom. The van der Waals surface area contributed by atoms with Crippen LogP contribution in [0, 0.1) is 0 Å². The van der Waals surface area contributed by atoms with Gasteiger partial charge in [-0.1, -0.05) is 36.4 Å². The van der Waals surface area contributed by atoms with Crippen LogP contribution in [-0.2, 0) is 82.2 Å². The van der Waals surface area contributed by atoms with Gasteiger partial charge in [-0.15, -0.1) is 30.4 Å². The van der Waals surface area contributed by atoms with Gasteiger partial charge in [-0.2, -0.15) is 63.1 Å². The number of fused-ring (bicyclic) bond motifs is 4. The number of anilines is 8. The van der Waals surface area contributed by atoms with Crippen molar-refractivity contribution in [2.45, 2.75) is 34.3 Å². The molecule has 118 heavy (non-hydrogen) atoms. The molecule has 4 aromatic heterocycles. The summed E-state index contributed by atoms with van der Waals surface area (Å²) in [6.45, 7) is 0. The maximum Gasteiger partial charge on any atom is 0.444 e. The van der Waals surface area contributed by atoms with Gasteiger partial charge in [0.25, 0.3) is 70.8 Å². The lowest BCUT2D eigenvalue weighted by molar-refractivity contribution is -0.604. The molecule has 13 rings (SSSR count). The fraction of sp³-hybridized carbons (Fsp3) is 0. The Balaban J connectivity index is 0.890. The molecule has 0 aliphatic heterocycles. The molecule has 4 heterocycles. The van der Waals surface area contributed by atoms with Crippen molar-refractivity contribution < 1.29 is 143 Å². The maximum atomic E-state index is 13.1. The summed E-state index contributed by atoms with van der Waals surface area (Å²) in [7, 11) is -37.3. The number of aromatic nitrogens is 8. The number of nitrogens with one attached hydrogen (secondary N) is 4. The monoisotopic (exact) mass is 1770 g/mol. The molecule has 0 saturated heterocycles. The van der Waals surface area contributed by atoms with Gasteiger partial charge in [0.15, 0.2) is 22.9 Å². The third-order valence-corrected chi connectivity index (χ3v) is 23.0. The van der Waals surface area contributed by atoms with Gasteiger partial charge >= 0.3 is 59.0 Å². The summed E-state index contributed by atoms with van der Waals surface area (Å²) >= 11 is -3.32. The number of phenols is 2. The molecule has 16 N–H and O–H groups in total. The van der Waals surface area contributed by atoms with Gasteiger partial charge in [0.1, 0.15) is 41.5 Å². The summed E-state index contributed by atoms with van der Waals surface area (Å²) in [6, 6.07) is 23.5. The number of rotatable bonds is 25. The van der Waals surface area contributed by atoms with E-state index < -0.39 is 259 Å². The van der Waals surface area contributed by atoms with Crippen molar-refractivity contribution in [2.75, 3.05) is 21.3 Å². The maximum absolute atomic E-state index is 13.1. The van der Waals surface area contributed by atoms with Crippen LogP contribution in [-0.4, -0.2) is 162 Å². The molecule has 13 aromatic rings. The first-order chi connectivity index (χ1) is 55.2. The lowest BCUT2D eigenvalue weighted by Gasteiger charge is -2.15. The molecule has 0 radical (unpaired) electrons. The molecule has 0 saturated carbocycles. The molecule has 0 amide bonds. The summed E-state index contributed by atoms with van der Waals surface area (Å²) in [4.78, 5) is 43.4. The minimum absolute atomic E-state index is 0.0674. The van der Waals surface area contributed by atoms with Gasteiger partial charge in [-0.3, -0.25) is 36.4 Å². The summed E-state index contributed by atoms with van der Waals surface area (Å²) in [6.07, 6.45) is 4.63. The molecule has 54 heteroatoms. The van der Waals surface area contributed by atoms with Crippen molar-refractivity contribution in [3.05, 3.63) is 182 Å². The molecule has 46 nitrogen and oxygen atoms in total. The van der Waals surface area contributed by atoms with E-state index >= 15 is 0 Å². The molecule has 606 valence electrons. The molecule has 0 aliphatic rings. The predicted molar refractivity (Wildman–Crippen MR) is 404 cm³/mol. The fourth-order valence-electron chi connectivity index (χ4n) is 11.7. The first-order valence-electron chi connectivity index (χ1n) is 31.6. The Hall–Kier alpha value is -13.4. The van der Waals surface area contributed by atoms with E-state index in [1.54, 1.807) is 0 Å². The topological polar surface area (TPSA) is 725 Å². The van der Waals surface area contributed by atoms with Gasteiger partial charge < -0.3 is 45.9 Å². The SMILES string of the molecule is O=C(O)c1ccc[n+](-c2nc(Nc3ccc(Nc4nc(Nc5cc(S(=O)(=O)O)cc6cc(S(=O)(=O)O)c(N=Nc7ccc8c(S(=O)(=O)O)cccc8c7S(=O)(=O)O)c(O)c56)nc(-[n+]5cccc(C(=O)O)c5)n4)cc3)nc(Nc3cc(S(=O)(=O)O)cc4cc(OS(=O)O)c(N=Nc5ccc6c(S(=O)(=O)O)cccc6c5S(=O)(=O)O)c(O)c34)n2)c1. The van der Waals surface area contributed by atoms with E-state index in [1.807, 2.05) is 0 Å². The van der Waals surface area contributed by atoms with Crippen molar-refractivity contribution in [1.82, 2.24) is 29.9 Å². The van der Waals surface area contributed by atoms with Crippen LogP contribution in [0.2, 0.25) is 0 Å². The van der Waals surface area contributed by atoms with Crippen LogP contribution in [0.4, 0.5) is 69.3 Å². The highest BCUT2D eigenvalue weighted by molar-refractivity contribution is 7.87. The number of hydrogen-bond donors (Lipinski definition) is 16. The first kappa shape index (κ1) is 82.5. The fourth-order valence-corrected chi connectivity index (χ4v) is 16.7. The molecule has 1 atom stereocenters. The standard InChI is InChI=1S/C64H42N16O30S8/c81-53-49-31(23-45(110-111(87)88)51(53)77-75-41-17-15-37-39(55(41)117(104,105)106)7-1-9-46(37)114(95,96)97)21-35(112(89,90)91)25-43(49)67-61-69-59(71-63(73-61)79-19-3-5-29(27-79)57(83)84)65-33-11-13-34(14-12-33)66-60-70-62(74-64(72-60)80-20-4-6-30(28-80)58(85)86)68-44-26-36(113(92,93)94)22-32-24-48(116(101,102)103)52(54(82)50(32)44)78-76-42-18-16-38-40(56(42)118(107,108)109)8-2-10-47(38)115(98,99)100/h1-28H,(H14-2,65,66,67,68,69,70,71,72,73,74,75,76,77,78,81,82,83,84,85,86,87,88,89,90,91,92,93,94,95,96,97,98,99,100,101,102,103,104,105,106,107,108,109)/p+2. The van der Waals surface area contributed by atoms with Crippen molar-refractivity contribution in [3.8, 4) is 29.1 Å². The van der Waals surface area contributed by atoms with Gasteiger partial charge in [0.05, 0.1) is 57.1 Å². The number of benzene rings is 9. The van der Waals surface area contributed by atoms with Crippen LogP contribution in [0.5, 0.6) is 17.2 Å². The number of carboxylic acids is 2. The minimum atomic E-state index is -5.63. The molecule has 0 bridgehead atoms. The summed E-state index contributed by atoms with van der Waals surface area (Å²) in [5, 5.41) is 66.0. The van der Waals surface area contributed by atoms with E-state index in [0.29, 0.717) is 24.3 Å². The smallest absolute Gasteiger partial charge is 0.444 e. The van der Waals surface area contributed by atoms with Crippen LogP contribution in [0.1, 0.15) is 20.7 Å². The number of nitrogens with zero attached hydrogens (tertiary/aromatic N) is 12. The minimum Gasteiger partial charge on any atom is -0.505 e. The van der Waals surface area contributed by atoms with E-state index in [2.05, 4.69) is 71.6 Å². The highest BCUT2D eigenvalue weighted by Gasteiger charge is 2.33. The molecular formula is C64H44N16O30S8+2. The lowest BCUT2D eigenvalue weighted by Crippen LogP contribution is -2.34. The number of phenolic OH excluding ortho intramolecular Hbond substituents is 2. The average Bonchev–Trinajstić information content (AvgIpc) is 0.755. The Morgan fingerprint density at radius 1 is 0.398 bits per heavy atom. The zero-order valence-electron chi connectivity index (χ0n) is 57.5. The van der Waals surface area contributed by atoms with Crippen LogP contribution < -0.4 is 34.6 Å². The second-order valence-corrected chi connectivity index (χ2v) is 34.4. The third-order valence-electron chi connectivity index (χ3n) is 16.5. The van der Waals surface area contributed by atoms with Crippen molar-refractivity contribution in [1.29, 1.82) is 0 Å². The van der Waals surface area contributed by atoms with Gasteiger partial charge in [0.2, 0.25) is 0 Å². The quantitative estimate of drug-likeness (QED) is 0.0111. The second kappa shape index (κ2) is 30.6. The summed E-state index contributed by atoms with van der Waals surface area (Å²) < 4.78 is 280. The Kier molecular flexibility index (Phi) is 21.4. The van der Waals surface area contributed by atoms with Crippen LogP contribution in [0.3, 0.4) is 0 Å². The number of aromatic carboxylic acids is 2. The van der Waals surface area contributed by atoms with Crippen LogP contribution in [0.15, 0.2) is 225 Å². The van der Waals surface area contributed by atoms with E-state index in [1.165, 1.54) is 60.9 Å². The normalized spacial score (nSPS) is 12.8. The van der Waals surface area contributed by atoms with Crippen LogP contribution >= 0.6 is 0 Å². The molecule has 0 fully saturated rings. The molecule has 9 aromatic carbocycles. The number of carboxylic acid groups (broad SMARTS) is 2. The zero-order chi connectivity index (χ0) is 85.4. The van der Waals surface area contributed by atoms with Crippen LogP contribution in [0.25, 0.3) is 55.0 Å². The first-order valence-corrected chi connectivity index (χ1v) is 42.7. The van der Waals surface area contributed by atoms with Gasteiger partial charge in [-0.05, 0) is 140 Å². The zero-order valence-corrected chi connectivity index (χ0v) is 64.0. The molecular weight excluding hydrogens is 1730 g/mol. The predicted octanol–water partition coefficient (Wildman–Crippen LogP) is 8.08. The highest BCUT2D eigenvalue weighted by Crippen LogP contribution is 2.50. The number of hydrogen-bond acceptors (Lipinski definition) is 34. The molecule has 1 unspecified atom stereocenters. The van der Waals surface area contributed by atoms with E-state index in [4.69, 9.17) is 4.18 Å². The third kappa shape index (κ3) is 17.4. The van der Waals surface area contributed by atoms with Gasteiger partial charge in [-0.25, -0.2) is 18.7 Å². The summed E-state index contributed by atoms with van der Waals surface area (Å²) in [5.41, 5.74) is -5.64. The largest absolute Gasteiger partial charge is 0.505 e. The number of aromatic hydroxyl groups is 2. The Morgan fingerprint density at radius 2 is 0.780 bits per heavy atom. The average molecular weight is 1770 g/mol. The van der Waals surface area contributed by atoms with Crippen molar-refractivity contribution in [2.24, 2.45) is 20.5 Å². The lowest BCUT2D eigenvalue weighted by atomic mass is 10.1. The highest BCUT2D eigenvalue weighted by atomic mass is 32.2. The number of carbonyl (C=O) groups is 2. The van der Waals surface area contributed by atoms with Crippen molar-refractivity contribution >= 4 is 207 Å². The van der Waals surface area contributed by atoms with Crippen molar-refractivity contribution in [3.63, 3.8) is 0 Å². The second-order valence-electron chi connectivity index (χ2n) is 24.1. The Bertz CT molecular complexity index is 7530. The molecule has 0 spiro atoms. The van der Waals surface area contributed by atoms with E-state index in [0.717, 1.165) is 94.3 Å². The number of pyridine rings is 2.